The van der Waals surface area contributed by atoms with E-state index in [1.165, 1.54) is 31.3 Å². The smallest absolute Gasteiger partial charge is 0.349 e. The number of aromatic amines is 1. The van der Waals surface area contributed by atoms with E-state index in [0.717, 1.165) is 31.1 Å². The van der Waals surface area contributed by atoms with Crippen LogP contribution in [-0.2, 0) is 6.18 Å². The second kappa shape index (κ2) is 7.30. The Morgan fingerprint density at radius 1 is 1.03 bits per heavy atom. The molecule has 2 aromatic heterocycles. The molecular formula is C21H21F3N6. The van der Waals surface area contributed by atoms with Gasteiger partial charge < -0.3 is 10.2 Å². The van der Waals surface area contributed by atoms with E-state index in [1.807, 2.05) is 17.0 Å². The van der Waals surface area contributed by atoms with Gasteiger partial charge in [-0.25, -0.2) is 9.97 Å². The Balaban J connectivity index is 1.37. The maximum atomic E-state index is 13.1. The van der Waals surface area contributed by atoms with Crippen molar-refractivity contribution in [2.45, 2.75) is 43.8 Å². The molecule has 30 heavy (non-hydrogen) atoms. The zero-order chi connectivity index (χ0) is 20.7. The standard InChI is InChI=1S/C21H21F3N6/c22-21(23,24)15-4-1-3-14(9-15)17-5-2-8-30(17)20-11-18(25-12-26-20)27-19-10-16(28-29-19)13-6-7-13/h1,3-4,9-13,17H,2,5-8H2,(H2,25,26,27,28,29). The number of nitrogens with one attached hydrogen (secondary N) is 2. The quantitative estimate of drug-likeness (QED) is 0.602. The highest BCUT2D eigenvalue weighted by atomic mass is 19.4. The lowest BCUT2D eigenvalue weighted by Crippen LogP contribution is -2.24. The molecule has 1 atom stereocenters. The van der Waals surface area contributed by atoms with Gasteiger partial charge in [0.25, 0.3) is 0 Å². The number of aromatic nitrogens is 4. The fourth-order valence-electron chi connectivity index (χ4n) is 4.02. The van der Waals surface area contributed by atoms with E-state index in [-0.39, 0.29) is 6.04 Å². The van der Waals surface area contributed by atoms with E-state index in [4.69, 9.17) is 0 Å². The maximum absolute atomic E-state index is 13.1. The normalized spacial score (nSPS) is 19.3. The number of hydrogen-bond donors (Lipinski definition) is 2. The molecule has 9 heteroatoms. The average Bonchev–Trinajstić information content (AvgIpc) is 3.27. The lowest BCUT2D eigenvalue weighted by molar-refractivity contribution is -0.137. The summed E-state index contributed by atoms with van der Waals surface area (Å²) < 4.78 is 39.4. The van der Waals surface area contributed by atoms with Crippen LogP contribution in [0.5, 0.6) is 0 Å². The van der Waals surface area contributed by atoms with Gasteiger partial charge in [-0.1, -0.05) is 12.1 Å². The Bertz CT molecular complexity index is 1040. The van der Waals surface area contributed by atoms with E-state index >= 15 is 0 Å². The largest absolute Gasteiger partial charge is 0.416 e. The van der Waals surface area contributed by atoms with E-state index in [9.17, 15) is 13.2 Å². The van der Waals surface area contributed by atoms with Gasteiger partial charge in [0.05, 0.1) is 11.6 Å². The van der Waals surface area contributed by atoms with Crippen LogP contribution in [0.4, 0.5) is 30.6 Å². The van der Waals surface area contributed by atoms with Crippen molar-refractivity contribution in [3.05, 3.63) is 59.5 Å². The van der Waals surface area contributed by atoms with Crippen LogP contribution >= 0.6 is 0 Å². The van der Waals surface area contributed by atoms with Crippen LogP contribution in [-0.4, -0.2) is 26.7 Å². The molecule has 0 bridgehead atoms. The van der Waals surface area contributed by atoms with Crippen molar-refractivity contribution in [3.8, 4) is 0 Å². The van der Waals surface area contributed by atoms with Gasteiger partial charge in [-0.2, -0.15) is 18.3 Å². The molecule has 6 nitrogen and oxygen atoms in total. The van der Waals surface area contributed by atoms with Crippen molar-refractivity contribution in [1.29, 1.82) is 0 Å². The highest BCUT2D eigenvalue weighted by Crippen LogP contribution is 2.40. The van der Waals surface area contributed by atoms with Crippen molar-refractivity contribution in [1.82, 2.24) is 20.2 Å². The van der Waals surface area contributed by atoms with Crippen LogP contribution in [0.15, 0.2) is 42.7 Å². The van der Waals surface area contributed by atoms with Crippen molar-refractivity contribution in [2.75, 3.05) is 16.8 Å². The molecule has 2 fully saturated rings. The Hall–Kier alpha value is -3.10. The first-order valence-electron chi connectivity index (χ1n) is 10.1. The zero-order valence-corrected chi connectivity index (χ0v) is 16.2. The zero-order valence-electron chi connectivity index (χ0n) is 16.2. The number of rotatable bonds is 5. The summed E-state index contributed by atoms with van der Waals surface area (Å²) in [6.45, 7) is 0.728. The van der Waals surface area contributed by atoms with Crippen LogP contribution in [0.25, 0.3) is 0 Å². The van der Waals surface area contributed by atoms with Gasteiger partial charge in [0.2, 0.25) is 0 Å². The SMILES string of the molecule is FC(F)(F)c1cccc(C2CCCN2c2cc(Nc3cc(C4CC4)[nH]n3)ncn2)c1. The summed E-state index contributed by atoms with van der Waals surface area (Å²) in [5.41, 5.74) is 1.15. The molecule has 1 unspecified atom stereocenters. The van der Waals surface area contributed by atoms with Crippen molar-refractivity contribution >= 4 is 17.5 Å². The molecule has 1 saturated heterocycles. The molecule has 1 saturated carbocycles. The van der Waals surface area contributed by atoms with Gasteiger partial charge in [-0.3, -0.25) is 5.10 Å². The summed E-state index contributed by atoms with van der Waals surface area (Å²) in [7, 11) is 0. The second-order valence-electron chi connectivity index (χ2n) is 7.84. The number of alkyl halides is 3. The highest BCUT2D eigenvalue weighted by molar-refractivity contribution is 5.57. The summed E-state index contributed by atoms with van der Waals surface area (Å²) in [6, 6.07) is 9.22. The van der Waals surface area contributed by atoms with Crippen molar-refractivity contribution in [3.63, 3.8) is 0 Å². The highest BCUT2D eigenvalue weighted by Gasteiger charge is 2.33. The Morgan fingerprint density at radius 3 is 2.70 bits per heavy atom. The number of halogens is 3. The Labute approximate surface area is 171 Å². The fourth-order valence-corrected chi connectivity index (χ4v) is 4.02. The fraction of sp³-hybridized carbons (Fsp3) is 0.381. The predicted octanol–water partition coefficient (Wildman–Crippen LogP) is 5.18. The van der Waals surface area contributed by atoms with Gasteiger partial charge in [-0.15, -0.1) is 0 Å². The molecule has 1 aromatic carbocycles. The number of anilines is 3. The minimum Gasteiger partial charge on any atom is -0.349 e. The third-order valence-electron chi connectivity index (χ3n) is 5.67. The van der Waals surface area contributed by atoms with Crippen LogP contribution in [0.2, 0.25) is 0 Å². The molecule has 3 heterocycles. The number of hydrogen-bond acceptors (Lipinski definition) is 5. The molecule has 156 valence electrons. The summed E-state index contributed by atoms with van der Waals surface area (Å²) in [5.74, 6) is 2.55. The van der Waals surface area contributed by atoms with Crippen molar-refractivity contribution in [2.24, 2.45) is 0 Å². The van der Waals surface area contributed by atoms with Gasteiger partial charge >= 0.3 is 6.18 Å². The lowest BCUT2D eigenvalue weighted by Gasteiger charge is -2.26. The van der Waals surface area contributed by atoms with E-state index in [2.05, 4.69) is 25.5 Å². The van der Waals surface area contributed by atoms with E-state index in [1.54, 1.807) is 6.07 Å². The minimum absolute atomic E-state index is 0.151. The van der Waals surface area contributed by atoms with E-state index < -0.39 is 11.7 Å². The van der Waals surface area contributed by atoms with Crippen LogP contribution in [0, 0.1) is 0 Å². The number of benzene rings is 1. The minimum atomic E-state index is -4.35. The summed E-state index contributed by atoms with van der Waals surface area (Å²) >= 11 is 0. The Kier molecular flexibility index (Phi) is 4.60. The van der Waals surface area contributed by atoms with E-state index in [0.29, 0.717) is 28.9 Å². The molecule has 5 rings (SSSR count). The molecule has 1 aliphatic heterocycles. The monoisotopic (exact) mass is 414 g/mol. The lowest BCUT2D eigenvalue weighted by atomic mass is 10.0. The first kappa shape index (κ1) is 18.9. The van der Waals surface area contributed by atoms with Gasteiger partial charge in [0.1, 0.15) is 18.0 Å². The molecule has 2 N–H and O–H groups in total. The molecule has 3 aromatic rings. The second-order valence-corrected chi connectivity index (χ2v) is 7.84. The average molecular weight is 414 g/mol. The van der Waals surface area contributed by atoms with Crippen LogP contribution in [0.1, 0.15) is 54.5 Å². The summed E-state index contributed by atoms with van der Waals surface area (Å²) in [4.78, 5) is 10.7. The third kappa shape index (κ3) is 3.83. The third-order valence-corrected chi connectivity index (χ3v) is 5.67. The van der Waals surface area contributed by atoms with Gasteiger partial charge in [0.15, 0.2) is 5.82 Å². The predicted molar refractivity (Wildman–Crippen MR) is 107 cm³/mol. The van der Waals surface area contributed by atoms with Gasteiger partial charge in [-0.05, 0) is 43.4 Å². The first-order chi connectivity index (χ1) is 14.5. The number of H-pyrrole nitrogens is 1. The number of nitrogens with zero attached hydrogens (tertiary/aromatic N) is 4. The van der Waals surface area contributed by atoms with Crippen molar-refractivity contribution < 1.29 is 13.2 Å². The molecular weight excluding hydrogens is 393 g/mol. The molecule has 0 spiro atoms. The first-order valence-corrected chi connectivity index (χ1v) is 10.1. The van der Waals surface area contributed by atoms with Crippen LogP contribution < -0.4 is 10.2 Å². The molecule has 0 radical (unpaired) electrons. The summed E-state index contributed by atoms with van der Waals surface area (Å²) in [5, 5.41) is 10.5. The molecule has 1 aliphatic carbocycles. The molecule has 2 aliphatic rings. The van der Waals surface area contributed by atoms with Gasteiger partial charge in [0, 0.05) is 30.3 Å². The molecule has 0 amide bonds. The summed E-state index contributed by atoms with van der Waals surface area (Å²) in [6.07, 6.45) is 1.15. The maximum Gasteiger partial charge on any atom is 0.416 e. The van der Waals surface area contributed by atoms with Crippen LogP contribution in [0.3, 0.4) is 0 Å². The topological polar surface area (TPSA) is 69.7 Å². The Morgan fingerprint density at radius 2 is 1.90 bits per heavy atom.